The molecule has 3 aromatic rings. The van der Waals surface area contributed by atoms with E-state index in [2.05, 4.69) is 65.6 Å². The highest BCUT2D eigenvalue weighted by atomic mass is 35.5. The van der Waals surface area contributed by atoms with Crippen LogP contribution in [0.2, 0.25) is 5.02 Å². The molecule has 0 unspecified atom stereocenters. The number of rotatable bonds is 4. The Labute approximate surface area is 195 Å². The Bertz CT molecular complexity index is 1030. The third-order valence-corrected chi connectivity index (χ3v) is 7.42. The van der Waals surface area contributed by atoms with Crippen LogP contribution in [0.3, 0.4) is 0 Å². The highest BCUT2D eigenvalue weighted by Gasteiger charge is 2.40. The monoisotopic (exact) mass is 444 g/mol. The maximum atomic E-state index is 13.3. The summed E-state index contributed by atoms with van der Waals surface area (Å²) >= 11 is 6.03. The molecule has 164 valence electrons. The Morgan fingerprint density at radius 2 is 1.34 bits per heavy atom. The molecule has 1 amide bonds. The lowest BCUT2D eigenvalue weighted by molar-refractivity contribution is 0.0769. The van der Waals surface area contributed by atoms with Gasteiger partial charge in [0.15, 0.2) is 0 Å². The molecule has 4 heteroatoms. The summed E-state index contributed by atoms with van der Waals surface area (Å²) in [5.41, 5.74) is 3.50. The lowest BCUT2D eigenvalue weighted by atomic mass is 9.87. The molecule has 2 saturated heterocycles. The van der Waals surface area contributed by atoms with E-state index in [4.69, 9.17) is 11.6 Å². The Hall–Kier alpha value is -2.62. The number of hydrogen-bond donors (Lipinski definition) is 0. The van der Waals surface area contributed by atoms with E-state index < -0.39 is 0 Å². The summed E-state index contributed by atoms with van der Waals surface area (Å²) in [4.78, 5) is 17.9. The molecule has 3 nitrogen and oxygen atoms in total. The molecule has 2 atom stereocenters. The van der Waals surface area contributed by atoms with Crippen molar-refractivity contribution in [3.63, 3.8) is 0 Å². The maximum absolute atomic E-state index is 13.3. The summed E-state index contributed by atoms with van der Waals surface area (Å²) in [7, 11) is 0. The average molecular weight is 445 g/mol. The second kappa shape index (κ2) is 9.48. The zero-order valence-electron chi connectivity index (χ0n) is 18.2. The molecule has 0 radical (unpaired) electrons. The van der Waals surface area contributed by atoms with Crippen LogP contribution in [0.5, 0.6) is 0 Å². The average Bonchev–Trinajstić information content (AvgIpc) is 3.31. The van der Waals surface area contributed by atoms with Gasteiger partial charge in [0.25, 0.3) is 5.91 Å². The molecule has 0 spiro atoms. The van der Waals surface area contributed by atoms with Gasteiger partial charge in [-0.2, -0.15) is 0 Å². The summed E-state index contributed by atoms with van der Waals surface area (Å²) in [5, 5.41) is 0.657. The van der Waals surface area contributed by atoms with Crippen molar-refractivity contribution in [2.24, 2.45) is 0 Å². The zero-order valence-corrected chi connectivity index (χ0v) is 19.0. The fraction of sp³-hybridized carbons (Fsp3) is 0.321. The van der Waals surface area contributed by atoms with E-state index in [1.54, 1.807) is 12.1 Å². The van der Waals surface area contributed by atoms with Crippen molar-refractivity contribution in [3.8, 4) is 0 Å². The first-order chi connectivity index (χ1) is 15.7. The predicted molar refractivity (Wildman–Crippen MR) is 130 cm³/mol. The van der Waals surface area contributed by atoms with E-state index in [0.29, 0.717) is 28.5 Å². The minimum Gasteiger partial charge on any atom is -0.336 e. The molecule has 2 heterocycles. The summed E-state index contributed by atoms with van der Waals surface area (Å²) < 4.78 is 0. The molecule has 0 aromatic heterocycles. The Balaban J connectivity index is 1.33. The fourth-order valence-corrected chi connectivity index (χ4v) is 5.54. The molecular weight excluding hydrogens is 416 g/mol. The zero-order chi connectivity index (χ0) is 21.9. The Morgan fingerprint density at radius 3 is 1.97 bits per heavy atom. The molecule has 0 N–H and O–H groups in total. The van der Waals surface area contributed by atoms with E-state index >= 15 is 0 Å². The predicted octanol–water partition coefficient (Wildman–Crippen LogP) is 5.83. The van der Waals surface area contributed by atoms with E-state index in [-0.39, 0.29) is 5.91 Å². The smallest absolute Gasteiger partial charge is 0.253 e. The summed E-state index contributed by atoms with van der Waals surface area (Å²) in [6.07, 6.45) is 2.35. The Kier molecular flexibility index (Phi) is 6.29. The quantitative estimate of drug-likeness (QED) is 0.505. The minimum absolute atomic E-state index is 0.101. The van der Waals surface area contributed by atoms with Gasteiger partial charge in [-0.1, -0.05) is 72.3 Å². The molecule has 0 bridgehead atoms. The number of piperidine rings is 1. The van der Waals surface area contributed by atoms with Crippen molar-refractivity contribution in [1.29, 1.82) is 0 Å². The van der Waals surface area contributed by atoms with Gasteiger partial charge in [-0.3, -0.25) is 9.69 Å². The van der Waals surface area contributed by atoms with Crippen molar-refractivity contribution in [3.05, 3.63) is 107 Å². The summed E-state index contributed by atoms with van der Waals surface area (Å²) in [6.45, 7) is 3.69. The van der Waals surface area contributed by atoms with Crippen molar-refractivity contribution < 1.29 is 4.79 Å². The van der Waals surface area contributed by atoms with Crippen LogP contribution in [0.25, 0.3) is 0 Å². The van der Waals surface area contributed by atoms with Gasteiger partial charge in [0.1, 0.15) is 0 Å². The second-order valence-corrected chi connectivity index (χ2v) is 9.46. The number of amides is 1. The molecule has 0 saturated carbocycles. The Morgan fingerprint density at radius 1 is 0.750 bits per heavy atom. The summed E-state index contributed by atoms with van der Waals surface area (Å²) in [6, 6.07) is 29.2. The lowest BCUT2D eigenvalue weighted by Gasteiger charge is -2.38. The first-order valence-electron chi connectivity index (χ1n) is 11.6. The van der Waals surface area contributed by atoms with Gasteiger partial charge in [0.2, 0.25) is 0 Å². The molecule has 32 heavy (non-hydrogen) atoms. The standard InChI is InChI=1S/C28H29ClN2O/c29-25-13-11-24(12-14-25)28(32)31-19-26(23-9-5-2-6-10-23)27(20-31)30-17-15-22(16-18-30)21-7-3-1-4-8-21/h1-14,22,26-27H,15-20H2/t26-,27+/m1/s1. The number of carbonyl (C=O) groups excluding carboxylic acids is 1. The number of benzene rings is 3. The maximum Gasteiger partial charge on any atom is 0.253 e. The number of hydrogen-bond acceptors (Lipinski definition) is 2. The van der Waals surface area contributed by atoms with Gasteiger partial charge < -0.3 is 4.90 Å². The van der Waals surface area contributed by atoms with Crippen LogP contribution in [0.15, 0.2) is 84.9 Å². The highest BCUT2D eigenvalue weighted by Crippen LogP contribution is 2.36. The van der Waals surface area contributed by atoms with Crippen LogP contribution in [0, 0.1) is 0 Å². The molecular formula is C28H29ClN2O. The summed E-state index contributed by atoms with van der Waals surface area (Å²) in [5.74, 6) is 1.07. The van der Waals surface area contributed by atoms with Crippen molar-refractivity contribution in [1.82, 2.24) is 9.80 Å². The van der Waals surface area contributed by atoms with E-state index in [1.165, 1.54) is 24.0 Å². The van der Waals surface area contributed by atoms with Gasteiger partial charge in [-0.25, -0.2) is 0 Å². The minimum atomic E-state index is 0.101. The van der Waals surface area contributed by atoms with E-state index in [1.807, 2.05) is 17.0 Å². The van der Waals surface area contributed by atoms with Gasteiger partial charge >= 0.3 is 0 Å². The van der Waals surface area contributed by atoms with Gasteiger partial charge in [-0.15, -0.1) is 0 Å². The van der Waals surface area contributed by atoms with Crippen LogP contribution in [-0.4, -0.2) is 47.9 Å². The van der Waals surface area contributed by atoms with Crippen molar-refractivity contribution in [2.45, 2.75) is 30.7 Å². The second-order valence-electron chi connectivity index (χ2n) is 9.02. The lowest BCUT2D eigenvalue weighted by Crippen LogP contribution is -2.45. The van der Waals surface area contributed by atoms with Crippen LogP contribution in [-0.2, 0) is 0 Å². The molecule has 0 aliphatic carbocycles. The molecule has 3 aromatic carbocycles. The van der Waals surface area contributed by atoms with E-state index in [0.717, 1.165) is 26.2 Å². The number of nitrogens with zero attached hydrogens (tertiary/aromatic N) is 2. The molecule has 5 rings (SSSR count). The third-order valence-electron chi connectivity index (χ3n) is 7.16. The highest BCUT2D eigenvalue weighted by molar-refractivity contribution is 6.30. The first-order valence-corrected chi connectivity index (χ1v) is 12.0. The van der Waals surface area contributed by atoms with Gasteiger partial charge in [0, 0.05) is 35.6 Å². The first kappa shape index (κ1) is 21.2. The largest absolute Gasteiger partial charge is 0.336 e. The van der Waals surface area contributed by atoms with Crippen molar-refractivity contribution >= 4 is 17.5 Å². The molecule has 2 aliphatic heterocycles. The van der Waals surface area contributed by atoms with Crippen LogP contribution in [0.4, 0.5) is 0 Å². The van der Waals surface area contributed by atoms with Crippen molar-refractivity contribution in [2.75, 3.05) is 26.2 Å². The van der Waals surface area contributed by atoms with Gasteiger partial charge in [-0.05, 0) is 67.2 Å². The molecule has 2 fully saturated rings. The normalized spacial score (nSPS) is 22.2. The number of halogens is 1. The van der Waals surface area contributed by atoms with E-state index in [9.17, 15) is 4.79 Å². The number of likely N-dealkylation sites (tertiary alicyclic amines) is 2. The van der Waals surface area contributed by atoms with Crippen LogP contribution in [0.1, 0.15) is 46.2 Å². The van der Waals surface area contributed by atoms with Crippen LogP contribution >= 0.6 is 11.6 Å². The van der Waals surface area contributed by atoms with Gasteiger partial charge in [0.05, 0.1) is 0 Å². The third kappa shape index (κ3) is 4.46. The molecule has 2 aliphatic rings. The fourth-order valence-electron chi connectivity index (χ4n) is 5.41. The topological polar surface area (TPSA) is 23.6 Å². The number of carbonyl (C=O) groups is 1. The van der Waals surface area contributed by atoms with Crippen LogP contribution < -0.4 is 0 Å². The SMILES string of the molecule is O=C(c1ccc(Cl)cc1)N1C[C@H](c2ccccc2)[C@@H](N2CCC(c3ccccc3)CC2)C1.